The maximum absolute atomic E-state index is 7.26. The molecule has 0 radical (unpaired) electrons. The van der Waals surface area contributed by atoms with Crippen LogP contribution in [-0.4, -0.2) is 16.6 Å². The van der Waals surface area contributed by atoms with Crippen molar-refractivity contribution in [3.63, 3.8) is 0 Å². The summed E-state index contributed by atoms with van der Waals surface area (Å²) in [6.45, 7) is 20.5. The molecule has 2 atom stereocenters. The molecule has 0 spiro atoms. The van der Waals surface area contributed by atoms with E-state index in [1.165, 1.54) is 51.9 Å². The lowest BCUT2D eigenvalue weighted by Gasteiger charge is -2.36. The second kappa shape index (κ2) is 13.4. The largest absolute Gasteiger partial charge is 0.539 e. The summed E-state index contributed by atoms with van der Waals surface area (Å²) >= 11 is 0. The van der Waals surface area contributed by atoms with Gasteiger partial charge in [-0.1, -0.05) is 104 Å². The van der Waals surface area contributed by atoms with Crippen molar-refractivity contribution in [3.8, 4) is 11.5 Å². The number of rotatable bonds is 12. The van der Waals surface area contributed by atoms with Gasteiger partial charge in [0, 0.05) is 11.5 Å². The van der Waals surface area contributed by atoms with E-state index in [4.69, 9.17) is 8.85 Å². The monoisotopic (exact) mass is 582 g/mol. The zero-order valence-electron chi connectivity index (χ0n) is 26.4. The average molecular weight is 583 g/mol. The van der Waals surface area contributed by atoms with Crippen LogP contribution in [0.4, 0.5) is 0 Å². The summed E-state index contributed by atoms with van der Waals surface area (Å²) in [7, 11) is -4.55. The van der Waals surface area contributed by atoms with Crippen molar-refractivity contribution in [1.29, 1.82) is 0 Å². The van der Waals surface area contributed by atoms with Crippen molar-refractivity contribution in [1.82, 2.24) is 0 Å². The summed E-state index contributed by atoms with van der Waals surface area (Å²) in [6.07, 6.45) is 9.34. The molecule has 2 nitrogen and oxygen atoms in total. The molecule has 3 aromatic carbocycles. The Balaban J connectivity index is 1.93. The molecule has 0 heterocycles. The number of aryl methyl sites for hydroxylation is 1. The molecule has 1 aliphatic carbocycles. The van der Waals surface area contributed by atoms with Gasteiger partial charge < -0.3 is 8.85 Å². The van der Waals surface area contributed by atoms with Crippen LogP contribution in [-0.2, 0) is 6.42 Å². The van der Waals surface area contributed by atoms with Crippen molar-refractivity contribution >= 4 is 27.0 Å². The van der Waals surface area contributed by atoms with Gasteiger partial charge in [-0.25, -0.2) is 0 Å². The lowest BCUT2D eigenvalue weighted by Crippen LogP contribution is -2.49. The summed E-state index contributed by atoms with van der Waals surface area (Å²) in [4.78, 5) is 0. The van der Waals surface area contributed by atoms with E-state index in [0.29, 0.717) is 5.92 Å². The quantitative estimate of drug-likeness (QED) is 0.120. The normalized spacial score (nSPS) is 17.6. The van der Waals surface area contributed by atoms with E-state index in [0.717, 1.165) is 30.8 Å². The Morgan fingerprint density at radius 3 is 1.80 bits per heavy atom. The van der Waals surface area contributed by atoms with E-state index in [1.807, 2.05) is 0 Å². The Kier molecular flexibility index (Phi) is 10.2. The molecule has 3 aromatic rings. The summed E-state index contributed by atoms with van der Waals surface area (Å²) in [5.41, 5.74) is 5.20. The lowest BCUT2D eigenvalue weighted by atomic mass is 9.73. The van der Waals surface area contributed by atoms with E-state index < -0.39 is 16.6 Å². The highest BCUT2D eigenvalue weighted by Gasteiger charge is 2.36. The van der Waals surface area contributed by atoms with Gasteiger partial charge in [-0.15, -0.1) is 0 Å². The zero-order valence-corrected chi connectivity index (χ0v) is 28.4. The Morgan fingerprint density at radius 1 is 0.829 bits per heavy atom. The van der Waals surface area contributed by atoms with Gasteiger partial charge in [-0.05, 0) is 99.7 Å². The maximum atomic E-state index is 7.26. The van der Waals surface area contributed by atoms with Crippen LogP contribution in [0.5, 0.6) is 11.5 Å². The molecular weight excluding hydrogens is 533 g/mol. The number of unbranched alkanes of at least 4 members (excludes halogenated alkanes) is 2. The predicted molar refractivity (Wildman–Crippen MR) is 182 cm³/mol. The van der Waals surface area contributed by atoms with Crippen molar-refractivity contribution in [2.45, 2.75) is 91.4 Å². The SMILES string of the molecule is C=C(C)[C@H]1CCC(C)=C[C@@H]1c1c(O[Si](C)(C)c2ccccc2)cc(CCCCC)cc1O[Si](C)(C)c1ccccc1. The van der Waals surface area contributed by atoms with Crippen LogP contribution in [0.2, 0.25) is 26.2 Å². The van der Waals surface area contributed by atoms with Crippen LogP contribution in [0.3, 0.4) is 0 Å². The van der Waals surface area contributed by atoms with E-state index >= 15 is 0 Å². The van der Waals surface area contributed by atoms with Crippen LogP contribution in [0, 0.1) is 5.92 Å². The topological polar surface area (TPSA) is 18.5 Å². The first-order chi connectivity index (χ1) is 19.5. The van der Waals surface area contributed by atoms with E-state index in [-0.39, 0.29) is 5.92 Å². The van der Waals surface area contributed by atoms with Gasteiger partial charge in [0.05, 0.1) is 0 Å². The molecule has 0 bridgehead atoms. The number of benzene rings is 3. The molecule has 4 rings (SSSR count). The van der Waals surface area contributed by atoms with Crippen molar-refractivity contribution < 1.29 is 8.85 Å². The first-order valence-electron chi connectivity index (χ1n) is 15.5. The molecule has 0 saturated heterocycles. The van der Waals surface area contributed by atoms with Gasteiger partial charge in [0.15, 0.2) is 0 Å². The molecule has 0 aromatic heterocycles. The number of hydrogen-bond acceptors (Lipinski definition) is 2. The summed E-state index contributed by atoms with van der Waals surface area (Å²) in [5, 5.41) is 2.60. The molecule has 0 amide bonds. The minimum Gasteiger partial charge on any atom is -0.539 e. The summed E-state index contributed by atoms with van der Waals surface area (Å²) in [6, 6.07) is 26.3. The van der Waals surface area contributed by atoms with E-state index in [1.54, 1.807) is 0 Å². The molecule has 4 heteroatoms. The molecule has 0 unspecified atom stereocenters. The fourth-order valence-electron chi connectivity index (χ4n) is 6.13. The first-order valence-corrected chi connectivity index (χ1v) is 21.3. The lowest BCUT2D eigenvalue weighted by molar-refractivity contribution is 0.449. The third-order valence-corrected chi connectivity index (χ3v) is 13.5. The van der Waals surface area contributed by atoms with Gasteiger partial charge in [-0.2, -0.15) is 0 Å². The Bertz CT molecular complexity index is 1270. The van der Waals surface area contributed by atoms with Crippen LogP contribution < -0.4 is 19.2 Å². The Hall–Kier alpha value is -2.83. The third kappa shape index (κ3) is 7.72. The zero-order chi connectivity index (χ0) is 29.6. The summed E-state index contributed by atoms with van der Waals surface area (Å²) in [5.74, 6) is 2.55. The second-order valence-electron chi connectivity index (χ2n) is 12.9. The minimum absolute atomic E-state index is 0.178. The van der Waals surface area contributed by atoms with Crippen LogP contribution in [0.15, 0.2) is 96.6 Å². The van der Waals surface area contributed by atoms with Crippen molar-refractivity contribution in [3.05, 3.63) is 108 Å². The highest BCUT2D eigenvalue weighted by molar-refractivity contribution is 6.85. The van der Waals surface area contributed by atoms with Crippen LogP contribution in [0.1, 0.15) is 69.9 Å². The molecule has 41 heavy (non-hydrogen) atoms. The van der Waals surface area contributed by atoms with Crippen LogP contribution >= 0.6 is 0 Å². The third-order valence-electron chi connectivity index (χ3n) is 8.61. The fraction of sp³-hybridized carbons (Fsp3) is 0.405. The highest BCUT2D eigenvalue weighted by Crippen LogP contribution is 2.48. The Morgan fingerprint density at radius 2 is 1.34 bits per heavy atom. The highest BCUT2D eigenvalue weighted by atomic mass is 28.4. The van der Waals surface area contributed by atoms with Gasteiger partial charge in [0.25, 0.3) is 16.6 Å². The van der Waals surface area contributed by atoms with E-state index in [2.05, 4.69) is 132 Å². The standard InChI is InChI=1S/C37H50O2Si2/c1-9-10-13-18-30-26-35(38-40(5,6)31-19-14-11-15-20-31)37(34-25-29(4)23-24-33(34)28(2)3)36(27-30)39-41(7,8)32-21-16-12-17-22-32/h11-12,14-17,19-22,25-27,33-34H,2,9-10,13,18,23-24H2,1,3-8H3/t33-,34+/m1/s1. The fourth-order valence-corrected chi connectivity index (χ4v) is 9.79. The predicted octanol–water partition coefficient (Wildman–Crippen LogP) is 9.42. The van der Waals surface area contributed by atoms with Gasteiger partial charge in [0.2, 0.25) is 0 Å². The van der Waals surface area contributed by atoms with Crippen molar-refractivity contribution in [2.75, 3.05) is 0 Å². The minimum atomic E-state index is -2.28. The van der Waals surface area contributed by atoms with Crippen LogP contribution in [0.25, 0.3) is 0 Å². The second-order valence-corrected chi connectivity index (χ2v) is 20.6. The summed E-state index contributed by atoms with van der Waals surface area (Å²) < 4.78 is 14.5. The molecule has 0 saturated carbocycles. The molecule has 0 fully saturated rings. The smallest absolute Gasteiger partial charge is 0.276 e. The molecule has 0 N–H and O–H groups in total. The Labute approximate surface area is 251 Å². The molecule has 1 aliphatic rings. The van der Waals surface area contributed by atoms with E-state index in [9.17, 15) is 0 Å². The van der Waals surface area contributed by atoms with Gasteiger partial charge in [-0.3, -0.25) is 0 Å². The first kappa shape index (κ1) is 31.1. The molecule has 218 valence electrons. The van der Waals surface area contributed by atoms with Gasteiger partial charge >= 0.3 is 0 Å². The average Bonchev–Trinajstić information content (AvgIpc) is 2.93. The number of allylic oxidation sites excluding steroid dienone is 3. The maximum Gasteiger partial charge on any atom is 0.276 e. The molecule has 0 aliphatic heterocycles. The van der Waals surface area contributed by atoms with Crippen molar-refractivity contribution in [2.24, 2.45) is 5.92 Å². The van der Waals surface area contributed by atoms with Gasteiger partial charge in [0.1, 0.15) is 11.5 Å². The number of hydrogen-bond donors (Lipinski definition) is 0. The molecular formula is C37H50O2Si2.